The van der Waals surface area contributed by atoms with Gasteiger partial charge in [0.05, 0.1) is 24.7 Å². The van der Waals surface area contributed by atoms with Gasteiger partial charge in [-0.25, -0.2) is 9.59 Å². The van der Waals surface area contributed by atoms with Crippen molar-refractivity contribution in [1.29, 1.82) is 0 Å². The topological polar surface area (TPSA) is 89.5 Å². The maximum absolute atomic E-state index is 12.3. The SMILES string of the molecule is C=C(C)C(=O)OCCNC(=O)OCCN1c2ccccc2C(C)(C)C12C=Nc1c(ccc3ccccc13)O2. The molecule has 0 fully saturated rings. The molecule has 1 atom stereocenters. The van der Waals surface area contributed by atoms with Crippen molar-refractivity contribution in [2.24, 2.45) is 4.99 Å². The van der Waals surface area contributed by atoms with Gasteiger partial charge in [0.25, 0.3) is 0 Å². The molecule has 0 saturated carbocycles. The maximum Gasteiger partial charge on any atom is 0.407 e. The normalized spacial score (nSPS) is 18.4. The second-order valence-electron chi connectivity index (χ2n) is 9.96. The summed E-state index contributed by atoms with van der Waals surface area (Å²) >= 11 is 0. The van der Waals surface area contributed by atoms with Gasteiger partial charge in [0.2, 0.25) is 5.72 Å². The molecular formula is C30H31N3O5. The summed E-state index contributed by atoms with van der Waals surface area (Å²) in [4.78, 5) is 30.8. The van der Waals surface area contributed by atoms with Crippen LogP contribution in [0, 0.1) is 0 Å². The van der Waals surface area contributed by atoms with Crippen molar-refractivity contribution in [1.82, 2.24) is 5.32 Å². The lowest BCUT2D eigenvalue weighted by atomic mass is 9.77. The van der Waals surface area contributed by atoms with E-state index in [2.05, 4.69) is 48.8 Å². The number of rotatable bonds is 7. The molecule has 3 aromatic rings. The van der Waals surface area contributed by atoms with Crippen molar-refractivity contribution in [3.63, 3.8) is 0 Å². The second kappa shape index (κ2) is 9.85. The fourth-order valence-electron chi connectivity index (χ4n) is 5.14. The minimum absolute atomic E-state index is 0.0377. The summed E-state index contributed by atoms with van der Waals surface area (Å²) in [6.45, 7) is 10.1. The van der Waals surface area contributed by atoms with E-state index in [4.69, 9.17) is 19.2 Å². The summed E-state index contributed by atoms with van der Waals surface area (Å²) in [5.74, 6) is 0.213. The molecule has 2 aliphatic rings. The number of esters is 1. The minimum atomic E-state index is -0.914. The predicted molar refractivity (Wildman–Crippen MR) is 147 cm³/mol. The summed E-state index contributed by atoms with van der Waals surface area (Å²) in [6, 6.07) is 20.3. The van der Waals surface area contributed by atoms with Crippen LogP contribution in [0.1, 0.15) is 26.3 Å². The number of aliphatic imine (C=N–C) groups is 1. The Balaban J connectivity index is 1.34. The maximum atomic E-state index is 12.3. The third kappa shape index (κ3) is 4.26. The molecule has 5 rings (SSSR count). The standard InChI is InChI=1S/C30H31N3O5/c1-20(2)27(34)36-17-15-31-28(35)37-18-16-33-24-12-8-7-11-23(24)29(3,4)30(33)19-32-26-22-10-6-5-9-21(22)13-14-25(26)38-30/h5-14,19H,1,15-18H2,2-4H3,(H,31,35). The fraction of sp³-hybridized carbons (Fsp3) is 0.300. The zero-order valence-electron chi connectivity index (χ0n) is 21.8. The lowest BCUT2D eigenvalue weighted by Gasteiger charge is -2.46. The van der Waals surface area contributed by atoms with E-state index in [1.165, 1.54) is 0 Å². The molecule has 0 saturated heterocycles. The van der Waals surface area contributed by atoms with Crippen LogP contribution < -0.4 is 15.0 Å². The van der Waals surface area contributed by atoms with E-state index in [-0.39, 0.29) is 19.8 Å². The van der Waals surface area contributed by atoms with Gasteiger partial charge in [0.15, 0.2) is 0 Å². The van der Waals surface area contributed by atoms with Crippen LogP contribution >= 0.6 is 0 Å². The molecule has 196 valence electrons. The highest BCUT2D eigenvalue weighted by Gasteiger charge is 2.59. The quantitative estimate of drug-likeness (QED) is 0.263. The fourth-order valence-corrected chi connectivity index (χ4v) is 5.14. The van der Waals surface area contributed by atoms with Crippen molar-refractivity contribution in [2.45, 2.75) is 31.9 Å². The molecule has 0 aliphatic carbocycles. The van der Waals surface area contributed by atoms with Crippen LogP contribution in [0.5, 0.6) is 5.75 Å². The average molecular weight is 514 g/mol. The molecule has 0 radical (unpaired) electrons. The number of fused-ring (bicyclic) bond motifs is 4. The number of nitrogens with zero attached hydrogens (tertiary/aromatic N) is 2. The van der Waals surface area contributed by atoms with Gasteiger partial charge < -0.3 is 24.4 Å². The van der Waals surface area contributed by atoms with Gasteiger partial charge in [0, 0.05) is 16.6 Å². The number of hydrogen-bond donors (Lipinski definition) is 1. The molecule has 3 aromatic carbocycles. The van der Waals surface area contributed by atoms with Crippen molar-refractivity contribution < 1.29 is 23.8 Å². The lowest BCUT2D eigenvalue weighted by molar-refractivity contribution is -0.138. The third-order valence-corrected chi connectivity index (χ3v) is 7.16. The number of hydrogen-bond acceptors (Lipinski definition) is 7. The monoisotopic (exact) mass is 513 g/mol. The van der Waals surface area contributed by atoms with E-state index in [9.17, 15) is 9.59 Å². The van der Waals surface area contributed by atoms with Gasteiger partial charge in [-0.3, -0.25) is 4.99 Å². The van der Waals surface area contributed by atoms with Crippen LogP contribution in [0.2, 0.25) is 0 Å². The molecule has 0 bridgehead atoms. The summed E-state index contributed by atoms with van der Waals surface area (Å²) in [7, 11) is 0. The Morgan fingerprint density at radius 3 is 2.61 bits per heavy atom. The Bertz CT molecular complexity index is 1450. The van der Waals surface area contributed by atoms with E-state index >= 15 is 0 Å². The van der Waals surface area contributed by atoms with Crippen LogP contribution in [-0.2, 0) is 19.7 Å². The number of nitrogens with one attached hydrogen (secondary N) is 1. The molecule has 8 nitrogen and oxygen atoms in total. The van der Waals surface area contributed by atoms with Crippen molar-refractivity contribution in [3.05, 3.63) is 78.4 Å². The number of benzene rings is 3. The first kappa shape index (κ1) is 25.3. The Morgan fingerprint density at radius 2 is 1.79 bits per heavy atom. The Kier molecular flexibility index (Phi) is 6.57. The van der Waals surface area contributed by atoms with Crippen LogP contribution in [0.25, 0.3) is 10.8 Å². The number of para-hydroxylation sites is 1. The van der Waals surface area contributed by atoms with E-state index in [0.717, 1.165) is 27.7 Å². The molecule has 38 heavy (non-hydrogen) atoms. The Labute approximate surface area is 221 Å². The first-order valence-corrected chi connectivity index (χ1v) is 12.6. The average Bonchev–Trinajstić information content (AvgIpc) is 3.09. The van der Waals surface area contributed by atoms with E-state index in [0.29, 0.717) is 17.9 Å². The third-order valence-electron chi connectivity index (χ3n) is 7.16. The molecular weight excluding hydrogens is 482 g/mol. The van der Waals surface area contributed by atoms with Gasteiger partial charge in [0.1, 0.15) is 24.7 Å². The van der Waals surface area contributed by atoms with Crippen LogP contribution in [-0.4, -0.2) is 50.3 Å². The van der Waals surface area contributed by atoms with Crippen LogP contribution in [0.3, 0.4) is 0 Å². The molecule has 2 heterocycles. The van der Waals surface area contributed by atoms with E-state index < -0.39 is 23.2 Å². The predicted octanol–water partition coefficient (Wildman–Crippen LogP) is 5.27. The molecule has 1 spiro atoms. The van der Waals surface area contributed by atoms with Crippen LogP contribution in [0.15, 0.2) is 77.8 Å². The van der Waals surface area contributed by atoms with Crippen molar-refractivity contribution >= 4 is 40.4 Å². The van der Waals surface area contributed by atoms with Gasteiger partial charge in [-0.05, 0) is 43.9 Å². The van der Waals surface area contributed by atoms with Gasteiger partial charge in [-0.15, -0.1) is 0 Å². The number of alkyl carbamates (subject to hydrolysis) is 1. The highest BCUT2D eigenvalue weighted by Crippen LogP contribution is 2.54. The number of amides is 1. The van der Waals surface area contributed by atoms with Gasteiger partial charge >= 0.3 is 12.1 Å². The van der Waals surface area contributed by atoms with Crippen molar-refractivity contribution in [3.8, 4) is 5.75 Å². The summed E-state index contributed by atoms with van der Waals surface area (Å²) < 4.78 is 17.3. The lowest BCUT2D eigenvalue weighted by Crippen LogP contribution is -2.62. The number of carbonyl (C=O) groups excluding carboxylic acids is 2. The van der Waals surface area contributed by atoms with Crippen molar-refractivity contribution in [2.75, 3.05) is 31.2 Å². The minimum Gasteiger partial charge on any atom is -0.460 e. The molecule has 0 aromatic heterocycles. The van der Waals surface area contributed by atoms with E-state index in [1.807, 2.05) is 48.7 Å². The largest absolute Gasteiger partial charge is 0.460 e. The second-order valence-corrected chi connectivity index (χ2v) is 9.96. The zero-order chi connectivity index (χ0) is 26.9. The van der Waals surface area contributed by atoms with Gasteiger partial charge in [-0.1, -0.05) is 55.1 Å². The Hall–Kier alpha value is -4.33. The first-order chi connectivity index (χ1) is 18.2. The summed E-state index contributed by atoms with van der Waals surface area (Å²) in [6.07, 6.45) is 1.30. The Morgan fingerprint density at radius 1 is 1.03 bits per heavy atom. The smallest absolute Gasteiger partial charge is 0.407 e. The molecule has 2 aliphatic heterocycles. The first-order valence-electron chi connectivity index (χ1n) is 12.6. The van der Waals surface area contributed by atoms with E-state index in [1.54, 1.807) is 6.92 Å². The highest BCUT2D eigenvalue weighted by atomic mass is 16.6. The summed E-state index contributed by atoms with van der Waals surface area (Å²) in [5, 5.41) is 4.73. The molecule has 1 amide bonds. The molecule has 8 heteroatoms. The number of carbonyl (C=O) groups is 2. The van der Waals surface area contributed by atoms with Crippen LogP contribution in [0.4, 0.5) is 16.2 Å². The molecule has 1 unspecified atom stereocenters. The van der Waals surface area contributed by atoms with Gasteiger partial charge in [-0.2, -0.15) is 0 Å². The number of ether oxygens (including phenoxy) is 3. The zero-order valence-corrected chi connectivity index (χ0v) is 21.8. The summed E-state index contributed by atoms with van der Waals surface area (Å²) in [5.41, 5.74) is 1.88. The number of anilines is 1. The molecule has 1 N–H and O–H groups in total. The highest BCUT2D eigenvalue weighted by molar-refractivity contribution is 5.99.